The summed E-state index contributed by atoms with van der Waals surface area (Å²) in [5.74, 6) is 0.481. The van der Waals surface area contributed by atoms with Gasteiger partial charge in [-0.15, -0.1) is 0 Å². The van der Waals surface area contributed by atoms with Gasteiger partial charge in [0.1, 0.15) is 11.7 Å². The van der Waals surface area contributed by atoms with Crippen molar-refractivity contribution >= 4 is 5.97 Å². The molecule has 0 aromatic carbocycles. The van der Waals surface area contributed by atoms with Gasteiger partial charge in [-0.1, -0.05) is 27.7 Å². The molecule has 2 fully saturated rings. The Bertz CT molecular complexity index is 575. The van der Waals surface area contributed by atoms with Gasteiger partial charge in [-0.25, -0.2) is 4.79 Å². The Morgan fingerprint density at radius 1 is 1.48 bits per heavy atom. The highest BCUT2D eigenvalue weighted by molar-refractivity contribution is 5.90. The van der Waals surface area contributed by atoms with Gasteiger partial charge in [-0.3, -0.25) is 4.68 Å². The summed E-state index contributed by atoms with van der Waals surface area (Å²) in [6.45, 7) is 8.98. The molecule has 3 rings (SSSR count). The normalized spacial score (nSPS) is 33.4. The van der Waals surface area contributed by atoms with Gasteiger partial charge in [0.2, 0.25) is 0 Å². The van der Waals surface area contributed by atoms with Crippen LogP contribution in [0.2, 0.25) is 0 Å². The third-order valence-corrected chi connectivity index (χ3v) is 6.42. The quantitative estimate of drug-likeness (QED) is 0.802. The summed E-state index contributed by atoms with van der Waals surface area (Å²) in [7, 11) is 1.85. The van der Waals surface area contributed by atoms with Crippen LogP contribution >= 0.6 is 0 Å². The van der Waals surface area contributed by atoms with E-state index in [1.54, 1.807) is 10.9 Å². The molecule has 0 spiro atoms. The van der Waals surface area contributed by atoms with E-state index in [0.717, 1.165) is 25.0 Å². The second kappa shape index (κ2) is 4.59. The zero-order valence-corrected chi connectivity index (χ0v) is 13.8. The predicted octanol–water partition coefficient (Wildman–Crippen LogP) is 3.35. The summed E-state index contributed by atoms with van der Waals surface area (Å²) in [5, 5.41) is 4.33. The lowest BCUT2D eigenvalue weighted by Crippen LogP contribution is -2.38. The molecular weight excluding hydrogens is 264 g/mol. The maximum atomic E-state index is 12.5. The van der Waals surface area contributed by atoms with Crippen molar-refractivity contribution in [3.8, 4) is 0 Å². The first-order valence-electron chi connectivity index (χ1n) is 8.03. The fourth-order valence-electron chi connectivity index (χ4n) is 4.47. The average Bonchev–Trinajstić information content (AvgIpc) is 2.96. The first kappa shape index (κ1) is 14.6. The number of fused-ring (bicyclic) bond motifs is 2. The predicted molar refractivity (Wildman–Crippen MR) is 81.0 cm³/mol. The van der Waals surface area contributed by atoms with E-state index in [2.05, 4.69) is 25.9 Å². The molecule has 0 aliphatic heterocycles. The Hall–Kier alpha value is -1.32. The number of carbonyl (C=O) groups is 1. The SMILES string of the molecule is CCc1nn(C)cc1C(=O)OC1CC2CCC1(C)C2(C)C. The largest absolute Gasteiger partial charge is 0.458 e. The van der Waals surface area contributed by atoms with E-state index in [9.17, 15) is 4.79 Å². The maximum Gasteiger partial charge on any atom is 0.341 e. The van der Waals surface area contributed by atoms with Crippen LogP contribution in [0.15, 0.2) is 6.20 Å². The number of esters is 1. The van der Waals surface area contributed by atoms with Crippen molar-refractivity contribution in [3.05, 3.63) is 17.5 Å². The number of nitrogens with zero attached hydrogens (tertiary/aromatic N) is 2. The van der Waals surface area contributed by atoms with Gasteiger partial charge in [0.15, 0.2) is 0 Å². The molecule has 3 unspecified atom stereocenters. The van der Waals surface area contributed by atoms with E-state index in [-0.39, 0.29) is 22.9 Å². The van der Waals surface area contributed by atoms with Gasteiger partial charge in [0, 0.05) is 18.7 Å². The van der Waals surface area contributed by atoms with Crippen LogP contribution in [-0.4, -0.2) is 21.9 Å². The monoisotopic (exact) mass is 290 g/mol. The standard InChI is InChI=1S/C17H26N2O2/c1-6-13-12(10-19(5)18-13)15(20)21-14-9-11-7-8-17(14,4)16(11,2)3/h10-11,14H,6-9H2,1-5H3. The summed E-state index contributed by atoms with van der Waals surface area (Å²) in [6, 6.07) is 0. The van der Waals surface area contributed by atoms with Crippen LogP contribution in [0.25, 0.3) is 0 Å². The van der Waals surface area contributed by atoms with Crippen LogP contribution in [0.1, 0.15) is 63.0 Å². The topological polar surface area (TPSA) is 44.1 Å². The number of hydrogen-bond acceptors (Lipinski definition) is 3. The summed E-state index contributed by atoms with van der Waals surface area (Å²) >= 11 is 0. The number of aryl methyl sites for hydroxylation is 2. The number of rotatable bonds is 3. The third-order valence-electron chi connectivity index (χ3n) is 6.42. The molecule has 21 heavy (non-hydrogen) atoms. The highest BCUT2D eigenvalue weighted by Crippen LogP contribution is 2.66. The molecule has 0 radical (unpaired) electrons. The van der Waals surface area contributed by atoms with Crippen LogP contribution in [-0.2, 0) is 18.2 Å². The lowest BCUT2D eigenvalue weighted by atomic mass is 9.70. The highest BCUT2D eigenvalue weighted by atomic mass is 16.5. The molecule has 2 saturated carbocycles. The first-order valence-corrected chi connectivity index (χ1v) is 8.03. The fraction of sp³-hybridized carbons (Fsp3) is 0.765. The van der Waals surface area contributed by atoms with E-state index in [1.165, 1.54) is 6.42 Å². The molecule has 4 nitrogen and oxygen atoms in total. The Morgan fingerprint density at radius 3 is 2.71 bits per heavy atom. The van der Waals surface area contributed by atoms with Gasteiger partial charge < -0.3 is 4.74 Å². The summed E-state index contributed by atoms with van der Waals surface area (Å²) in [5.41, 5.74) is 1.84. The van der Waals surface area contributed by atoms with Crippen molar-refractivity contribution in [1.29, 1.82) is 0 Å². The molecule has 3 atom stereocenters. The Balaban J connectivity index is 1.80. The molecule has 116 valence electrons. The number of hydrogen-bond donors (Lipinski definition) is 0. The van der Waals surface area contributed by atoms with Crippen molar-refractivity contribution in [2.75, 3.05) is 0 Å². The van der Waals surface area contributed by atoms with Crippen LogP contribution in [0.4, 0.5) is 0 Å². The first-order chi connectivity index (χ1) is 9.79. The molecule has 0 amide bonds. The molecule has 0 N–H and O–H groups in total. The molecule has 2 aliphatic rings. The lowest BCUT2D eigenvalue weighted by molar-refractivity contribution is -0.0243. The Kier molecular flexibility index (Phi) is 3.19. The van der Waals surface area contributed by atoms with E-state index in [1.807, 2.05) is 14.0 Å². The minimum absolute atomic E-state index is 0.0451. The third kappa shape index (κ3) is 1.95. The van der Waals surface area contributed by atoms with Crippen LogP contribution in [0, 0.1) is 16.7 Å². The van der Waals surface area contributed by atoms with Gasteiger partial charge in [0.25, 0.3) is 0 Å². The van der Waals surface area contributed by atoms with Crippen molar-refractivity contribution in [2.24, 2.45) is 23.8 Å². The maximum absolute atomic E-state index is 12.5. The van der Waals surface area contributed by atoms with Gasteiger partial charge in [-0.2, -0.15) is 5.10 Å². The number of ether oxygens (including phenoxy) is 1. The van der Waals surface area contributed by atoms with E-state index < -0.39 is 0 Å². The number of aromatic nitrogens is 2. The molecule has 2 aliphatic carbocycles. The van der Waals surface area contributed by atoms with Crippen molar-refractivity contribution in [1.82, 2.24) is 9.78 Å². The second-order valence-corrected chi connectivity index (χ2v) is 7.52. The summed E-state index contributed by atoms with van der Waals surface area (Å²) < 4.78 is 7.63. The van der Waals surface area contributed by atoms with Crippen molar-refractivity contribution < 1.29 is 9.53 Å². The lowest BCUT2D eigenvalue weighted by Gasteiger charge is -2.38. The molecule has 1 aromatic heterocycles. The average molecular weight is 290 g/mol. The molecule has 2 bridgehead atoms. The van der Waals surface area contributed by atoms with Gasteiger partial charge in [0.05, 0.1) is 5.69 Å². The Labute approximate surface area is 126 Å². The van der Waals surface area contributed by atoms with Crippen molar-refractivity contribution in [2.45, 2.75) is 59.5 Å². The minimum Gasteiger partial charge on any atom is -0.458 e. The van der Waals surface area contributed by atoms with Crippen molar-refractivity contribution in [3.63, 3.8) is 0 Å². The van der Waals surface area contributed by atoms with Gasteiger partial charge >= 0.3 is 5.97 Å². The van der Waals surface area contributed by atoms with Crippen LogP contribution in [0.3, 0.4) is 0 Å². The zero-order valence-electron chi connectivity index (χ0n) is 13.8. The Morgan fingerprint density at radius 2 is 2.19 bits per heavy atom. The summed E-state index contributed by atoms with van der Waals surface area (Å²) in [4.78, 5) is 12.5. The van der Waals surface area contributed by atoms with E-state index >= 15 is 0 Å². The molecule has 4 heteroatoms. The van der Waals surface area contributed by atoms with E-state index in [4.69, 9.17) is 4.74 Å². The molecule has 1 heterocycles. The van der Waals surface area contributed by atoms with Crippen LogP contribution in [0.5, 0.6) is 0 Å². The molecular formula is C17H26N2O2. The van der Waals surface area contributed by atoms with Crippen LogP contribution < -0.4 is 0 Å². The molecule has 1 aromatic rings. The molecule has 0 saturated heterocycles. The van der Waals surface area contributed by atoms with E-state index in [0.29, 0.717) is 11.5 Å². The summed E-state index contributed by atoms with van der Waals surface area (Å²) in [6.07, 6.45) is 6.02. The number of carbonyl (C=O) groups excluding carboxylic acids is 1. The minimum atomic E-state index is -0.200. The zero-order chi connectivity index (χ0) is 15.4. The smallest absolute Gasteiger partial charge is 0.341 e. The highest BCUT2D eigenvalue weighted by Gasteiger charge is 2.62. The second-order valence-electron chi connectivity index (χ2n) is 7.52. The van der Waals surface area contributed by atoms with Gasteiger partial charge in [-0.05, 0) is 37.0 Å². The fourth-order valence-corrected chi connectivity index (χ4v) is 4.47.